The molecular weight excluding hydrogens is 431 g/mol. The zero-order chi connectivity index (χ0) is 21.3. The molecule has 3 rings (SSSR count). The summed E-state index contributed by atoms with van der Waals surface area (Å²) < 4.78 is 16.1. The Hall–Kier alpha value is -2.48. The Bertz CT molecular complexity index is 845. The third-order valence-corrected chi connectivity index (χ3v) is 4.90. The van der Waals surface area contributed by atoms with Gasteiger partial charge in [0, 0.05) is 29.7 Å². The van der Waals surface area contributed by atoms with Gasteiger partial charge >= 0.3 is 5.97 Å². The number of carbonyl (C=O) groups is 2. The summed E-state index contributed by atoms with van der Waals surface area (Å²) in [5.41, 5.74) is 0. The van der Waals surface area contributed by atoms with Gasteiger partial charge in [0.25, 0.3) is 5.91 Å². The molecule has 30 heavy (non-hydrogen) atoms. The van der Waals surface area contributed by atoms with Gasteiger partial charge in [0.2, 0.25) is 0 Å². The highest BCUT2D eigenvalue weighted by Gasteiger charge is 2.24. The first-order valence-corrected chi connectivity index (χ1v) is 10.2. The van der Waals surface area contributed by atoms with E-state index in [4.69, 9.17) is 37.4 Å². The Labute approximate surface area is 184 Å². The summed E-state index contributed by atoms with van der Waals surface area (Å²) in [4.78, 5) is 26.0. The van der Waals surface area contributed by atoms with Crippen LogP contribution in [0.1, 0.15) is 0 Å². The standard InChI is InChI=1S/C21H22Cl2N2O5/c22-15-1-5-18(6-2-15)28-13-20(26)25-10-9-24-17(11-25)12-30-21(27)14-29-19-7-3-16(23)4-8-19/h1-8,17,24H,9-14H2. The van der Waals surface area contributed by atoms with Crippen molar-refractivity contribution in [2.75, 3.05) is 39.5 Å². The van der Waals surface area contributed by atoms with Crippen molar-refractivity contribution in [2.24, 2.45) is 0 Å². The van der Waals surface area contributed by atoms with Crippen molar-refractivity contribution < 1.29 is 23.8 Å². The SMILES string of the molecule is O=C(COc1ccc(Cl)cc1)OCC1CN(C(=O)COc2ccc(Cl)cc2)CCN1. The minimum Gasteiger partial charge on any atom is -0.484 e. The molecule has 1 amide bonds. The average molecular weight is 453 g/mol. The van der Waals surface area contributed by atoms with Crippen molar-refractivity contribution in [3.63, 3.8) is 0 Å². The van der Waals surface area contributed by atoms with Gasteiger partial charge in [0.05, 0.1) is 6.04 Å². The first-order valence-electron chi connectivity index (χ1n) is 9.43. The largest absolute Gasteiger partial charge is 0.484 e. The van der Waals surface area contributed by atoms with Gasteiger partial charge in [0.1, 0.15) is 18.1 Å². The van der Waals surface area contributed by atoms with E-state index in [0.29, 0.717) is 41.2 Å². The molecule has 0 aromatic heterocycles. The van der Waals surface area contributed by atoms with E-state index in [1.807, 2.05) is 0 Å². The van der Waals surface area contributed by atoms with Crippen LogP contribution in [-0.4, -0.2) is 62.3 Å². The van der Waals surface area contributed by atoms with Crippen molar-refractivity contribution in [1.29, 1.82) is 0 Å². The Morgan fingerprint density at radius 2 is 1.50 bits per heavy atom. The minimum absolute atomic E-state index is 0.0664. The second-order valence-corrected chi connectivity index (χ2v) is 7.53. The maximum atomic E-state index is 12.4. The highest BCUT2D eigenvalue weighted by Crippen LogP contribution is 2.16. The molecule has 1 N–H and O–H groups in total. The van der Waals surface area contributed by atoms with Gasteiger partial charge in [-0.05, 0) is 48.5 Å². The van der Waals surface area contributed by atoms with Crippen LogP contribution < -0.4 is 14.8 Å². The van der Waals surface area contributed by atoms with Crippen LogP contribution in [0.25, 0.3) is 0 Å². The molecule has 0 bridgehead atoms. The predicted molar refractivity (Wildman–Crippen MR) is 113 cm³/mol. The number of nitrogens with zero attached hydrogens (tertiary/aromatic N) is 1. The highest BCUT2D eigenvalue weighted by atomic mass is 35.5. The Kier molecular flexibility index (Phi) is 8.19. The quantitative estimate of drug-likeness (QED) is 0.620. The zero-order valence-electron chi connectivity index (χ0n) is 16.2. The Morgan fingerprint density at radius 1 is 0.933 bits per heavy atom. The van der Waals surface area contributed by atoms with Crippen molar-refractivity contribution >= 4 is 35.1 Å². The third kappa shape index (κ3) is 7.09. The predicted octanol–water partition coefficient (Wildman–Crippen LogP) is 2.79. The van der Waals surface area contributed by atoms with E-state index in [1.54, 1.807) is 53.4 Å². The van der Waals surface area contributed by atoms with Gasteiger partial charge in [-0.2, -0.15) is 0 Å². The van der Waals surface area contributed by atoms with Crippen LogP contribution in [-0.2, 0) is 14.3 Å². The second-order valence-electron chi connectivity index (χ2n) is 6.66. The summed E-state index contributed by atoms with van der Waals surface area (Å²) in [6.45, 7) is 1.47. The molecule has 1 aliphatic heterocycles. The van der Waals surface area contributed by atoms with Crippen molar-refractivity contribution in [1.82, 2.24) is 10.2 Å². The Balaban J connectivity index is 1.37. The number of nitrogens with one attached hydrogen (secondary N) is 1. The van der Waals surface area contributed by atoms with Crippen LogP contribution in [0.2, 0.25) is 10.0 Å². The number of hydrogen-bond donors (Lipinski definition) is 1. The maximum Gasteiger partial charge on any atom is 0.344 e. The first-order chi connectivity index (χ1) is 14.5. The topological polar surface area (TPSA) is 77.1 Å². The molecule has 9 heteroatoms. The van der Waals surface area contributed by atoms with Crippen molar-refractivity contribution in [3.05, 3.63) is 58.6 Å². The van der Waals surface area contributed by atoms with Crippen LogP contribution >= 0.6 is 23.2 Å². The fourth-order valence-corrected chi connectivity index (χ4v) is 3.09. The number of carbonyl (C=O) groups excluding carboxylic acids is 2. The fraction of sp³-hybridized carbons (Fsp3) is 0.333. The highest BCUT2D eigenvalue weighted by molar-refractivity contribution is 6.30. The molecule has 1 fully saturated rings. The van der Waals surface area contributed by atoms with E-state index in [-0.39, 0.29) is 31.8 Å². The van der Waals surface area contributed by atoms with E-state index in [2.05, 4.69) is 5.32 Å². The van der Waals surface area contributed by atoms with Crippen molar-refractivity contribution in [3.8, 4) is 11.5 Å². The summed E-state index contributed by atoms with van der Waals surface area (Å²) in [6, 6.07) is 13.4. The second kappa shape index (κ2) is 11.1. The van der Waals surface area contributed by atoms with Crippen LogP contribution in [0, 0.1) is 0 Å². The van der Waals surface area contributed by atoms with Gasteiger partial charge in [-0.25, -0.2) is 4.79 Å². The first kappa shape index (κ1) is 22.2. The van der Waals surface area contributed by atoms with E-state index < -0.39 is 5.97 Å². The lowest BCUT2D eigenvalue weighted by Crippen LogP contribution is -2.55. The average Bonchev–Trinajstić information content (AvgIpc) is 2.77. The summed E-state index contributed by atoms with van der Waals surface area (Å²) in [7, 11) is 0. The molecule has 1 aliphatic rings. The van der Waals surface area contributed by atoms with Gasteiger partial charge in [0.15, 0.2) is 13.2 Å². The van der Waals surface area contributed by atoms with E-state index in [0.717, 1.165) is 0 Å². The van der Waals surface area contributed by atoms with Crippen LogP contribution in [0.15, 0.2) is 48.5 Å². The molecule has 1 heterocycles. The zero-order valence-corrected chi connectivity index (χ0v) is 17.7. The maximum absolute atomic E-state index is 12.4. The van der Waals surface area contributed by atoms with Crippen LogP contribution in [0.3, 0.4) is 0 Å². The lowest BCUT2D eigenvalue weighted by molar-refractivity contribution is -0.147. The molecule has 1 saturated heterocycles. The molecule has 160 valence electrons. The number of ether oxygens (including phenoxy) is 3. The van der Waals surface area contributed by atoms with Gasteiger partial charge in [-0.3, -0.25) is 4.79 Å². The number of piperazine rings is 1. The molecule has 2 aromatic carbocycles. The molecule has 0 saturated carbocycles. The lowest BCUT2D eigenvalue weighted by Gasteiger charge is -2.33. The monoisotopic (exact) mass is 452 g/mol. The van der Waals surface area contributed by atoms with Crippen LogP contribution in [0.4, 0.5) is 0 Å². The van der Waals surface area contributed by atoms with Gasteiger partial charge in [-0.1, -0.05) is 23.2 Å². The number of esters is 1. The summed E-state index contributed by atoms with van der Waals surface area (Å²) in [5.74, 6) is 0.494. The molecular formula is C21H22Cl2N2O5. The van der Waals surface area contributed by atoms with E-state index in [1.165, 1.54) is 0 Å². The smallest absolute Gasteiger partial charge is 0.344 e. The molecule has 7 nitrogen and oxygen atoms in total. The summed E-state index contributed by atoms with van der Waals surface area (Å²) in [5, 5.41) is 4.43. The number of rotatable bonds is 8. The molecule has 2 aromatic rings. The summed E-state index contributed by atoms with van der Waals surface area (Å²) >= 11 is 11.6. The lowest BCUT2D eigenvalue weighted by atomic mass is 10.2. The molecule has 0 spiro atoms. The van der Waals surface area contributed by atoms with E-state index >= 15 is 0 Å². The third-order valence-electron chi connectivity index (χ3n) is 4.40. The summed E-state index contributed by atoms with van der Waals surface area (Å²) in [6.07, 6.45) is 0. The molecule has 0 aliphatic carbocycles. The minimum atomic E-state index is -0.485. The molecule has 1 unspecified atom stereocenters. The van der Waals surface area contributed by atoms with Crippen LogP contribution in [0.5, 0.6) is 11.5 Å². The number of benzene rings is 2. The van der Waals surface area contributed by atoms with Crippen molar-refractivity contribution in [2.45, 2.75) is 6.04 Å². The number of halogens is 2. The van der Waals surface area contributed by atoms with Gasteiger partial charge in [-0.15, -0.1) is 0 Å². The number of amides is 1. The fourth-order valence-electron chi connectivity index (χ4n) is 2.84. The van der Waals surface area contributed by atoms with E-state index in [9.17, 15) is 9.59 Å². The Morgan fingerprint density at radius 3 is 2.10 bits per heavy atom. The molecule has 1 atom stereocenters. The normalized spacial score (nSPS) is 16.1. The number of hydrogen-bond acceptors (Lipinski definition) is 6. The van der Waals surface area contributed by atoms with Gasteiger partial charge < -0.3 is 24.4 Å². The molecule has 0 radical (unpaired) electrons.